The summed E-state index contributed by atoms with van der Waals surface area (Å²) in [7, 11) is -3.79. The number of morpholine rings is 1. The van der Waals surface area contributed by atoms with E-state index >= 15 is 0 Å². The van der Waals surface area contributed by atoms with E-state index in [1.165, 1.54) is 12.1 Å². The number of sulfonamides is 1. The van der Waals surface area contributed by atoms with Crippen LogP contribution < -0.4 is 9.62 Å². The Morgan fingerprint density at radius 1 is 1.19 bits per heavy atom. The summed E-state index contributed by atoms with van der Waals surface area (Å²) in [6.07, 6.45) is 1.67. The molecule has 26 heavy (non-hydrogen) atoms. The Hall–Kier alpha value is -2.56. The predicted molar refractivity (Wildman–Crippen MR) is 94.4 cm³/mol. The van der Waals surface area contributed by atoms with E-state index in [1.54, 1.807) is 12.3 Å². The van der Waals surface area contributed by atoms with Gasteiger partial charge in [-0.05, 0) is 18.2 Å². The van der Waals surface area contributed by atoms with E-state index in [1.807, 2.05) is 6.07 Å². The molecule has 1 aliphatic heterocycles. The first-order valence-electron chi connectivity index (χ1n) is 7.98. The molecular formula is C16H18N4O5S. The van der Waals surface area contributed by atoms with Crippen LogP contribution in [0.1, 0.15) is 5.56 Å². The molecule has 0 atom stereocenters. The SMILES string of the molecule is O=[N+]([O-])c1ccc(S(=O)(=O)NCc2cccnc2N2CCOCC2)cc1. The average Bonchev–Trinajstić information content (AvgIpc) is 2.67. The molecule has 0 unspecified atom stereocenters. The van der Waals surface area contributed by atoms with Crippen molar-refractivity contribution in [2.24, 2.45) is 0 Å². The molecule has 1 aromatic heterocycles. The second-order valence-electron chi connectivity index (χ2n) is 5.66. The molecule has 0 saturated carbocycles. The lowest BCUT2D eigenvalue weighted by Gasteiger charge is -2.29. The number of non-ortho nitro benzene ring substituents is 1. The maximum absolute atomic E-state index is 12.4. The van der Waals surface area contributed by atoms with Crippen molar-refractivity contribution >= 4 is 21.5 Å². The van der Waals surface area contributed by atoms with Crippen molar-refractivity contribution in [1.29, 1.82) is 0 Å². The Bertz CT molecular complexity index is 880. The zero-order valence-corrected chi connectivity index (χ0v) is 14.7. The van der Waals surface area contributed by atoms with E-state index in [4.69, 9.17) is 4.74 Å². The van der Waals surface area contributed by atoms with Crippen LogP contribution in [0.25, 0.3) is 0 Å². The van der Waals surface area contributed by atoms with Crippen molar-refractivity contribution in [3.05, 3.63) is 58.3 Å². The minimum absolute atomic E-state index is 0.0279. The van der Waals surface area contributed by atoms with Crippen molar-refractivity contribution in [2.45, 2.75) is 11.4 Å². The molecule has 1 N–H and O–H groups in total. The summed E-state index contributed by atoms with van der Waals surface area (Å²) < 4.78 is 32.7. The fourth-order valence-electron chi connectivity index (χ4n) is 2.63. The second kappa shape index (κ2) is 7.77. The van der Waals surface area contributed by atoms with Crippen molar-refractivity contribution in [1.82, 2.24) is 9.71 Å². The zero-order valence-electron chi connectivity index (χ0n) is 13.9. The number of aromatic nitrogens is 1. The number of nitrogens with zero attached hydrogens (tertiary/aromatic N) is 3. The fraction of sp³-hybridized carbons (Fsp3) is 0.312. The fourth-order valence-corrected chi connectivity index (χ4v) is 3.64. The Kier molecular flexibility index (Phi) is 5.45. The lowest BCUT2D eigenvalue weighted by atomic mass is 10.2. The van der Waals surface area contributed by atoms with Crippen LogP contribution in [-0.2, 0) is 21.3 Å². The summed E-state index contributed by atoms with van der Waals surface area (Å²) in [6.45, 7) is 2.66. The van der Waals surface area contributed by atoms with E-state index in [2.05, 4.69) is 14.6 Å². The quantitative estimate of drug-likeness (QED) is 0.595. The highest BCUT2D eigenvalue weighted by Gasteiger charge is 2.19. The number of hydrogen-bond donors (Lipinski definition) is 1. The minimum Gasteiger partial charge on any atom is -0.378 e. The van der Waals surface area contributed by atoms with Crippen LogP contribution in [0.15, 0.2) is 47.5 Å². The van der Waals surface area contributed by atoms with Crippen molar-refractivity contribution in [3.63, 3.8) is 0 Å². The van der Waals surface area contributed by atoms with Crippen LogP contribution in [0.3, 0.4) is 0 Å². The molecule has 1 aromatic carbocycles. The van der Waals surface area contributed by atoms with Crippen LogP contribution in [0.2, 0.25) is 0 Å². The number of hydrogen-bond acceptors (Lipinski definition) is 7. The van der Waals surface area contributed by atoms with Crippen molar-refractivity contribution < 1.29 is 18.1 Å². The molecule has 3 rings (SSSR count). The summed E-state index contributed by atoms with van der Waals surface area (Å²) in [5.74, 6) is 0.724. The van der Waals surface area contributed by atoms with Crippen LogP contribution in [-0.4, -0.2) is 44.6 Å². The third kappa shape index (κ3) is 4.15. The number of anilines is 1. The largest absolute Gasteiger partial charge is 0.378 e. The molecule has 1 aliphatic rings. The highest BCUT2D eigenvalue weighted by Crippen LogP contribution is 2.20. The number of pyridine rings is 1. The summed E-state index contributed by atoms with van der Waals surface area (Å²) in [4.78, 5) is 16.5. The van der Waals surface area contributed by atoms with Gasteiger partial charge in [0.25, 0.3) is 5.69 Å². The lowest BCUT2D eigenvalue weighted by molar-refractivity contribution is -0.384. The average molecular weight is 378 g/mol. The first-order valence-corrected chi connectivity index (χ1v) is 9.46. The number of rotatable bonds is 6. The summed E-state index contributed by atoms with van der Waals surface area (Å²) in [6, 6.07) is 8.32. The van der Waals surface area contributed by atoms with Crippen LogP contribution in [0, 0.1) is 10.1 Å². The van der Waals surface area contributed by atoms with E-state index in [9.17, 15) is 18.5 Å². The number of nitrogens with one attached hydrogen (secondary N) is 1. The van der Waals surface area contributed by atoms with Gasteiger partial charge >= 0.3 is 0 Å². The molecule has 1 saturated heterocycles. The van der Waals surface area contributed by atoms with E-state index in [0.717, 1.165) is 23.5 Å². The van der Waals surface area contributed by atoms with Gasteiger partial charge in [-0.1, -0.05) is 6.07 Å². The van der Waals surface area contributed by atoms with Crippen molar-refractivity contribution in [2.75, 3.05) is 31.2 Å². The molecule has 9 nitrogen and oxygen atoms in total. The van der Waals surface area contributed by atoms with Gasteiger partial charge in [0.1, 0.15) is 5.82 Å². The Morgan fingerprint density at radius 3 is 2.54 bits per heavy atom. The minimum atomic E-state index is -3.79. The number of nitro groups is 1. The molecule has 2 aromatic rings. The zero-order chi connectivity index (χ0) is 18.6. The van der Waals surface area contributed by atoms with Gasteiger partial charge < -0.3 is 9.64 Å². The van der Waals surface area contributed by atoms with Crippen LogP contribution in [0.4, 0.5) is 11.5 Å². The summed E-state index contributed by atoms with van der Waals surface area (Å²) >= 11 is 0. The molecule has 1 fully saturated rings. The van der Waals surface area contributed by atoms with Crippen LogP contribution in [0.5, 0.6) is 0 Å². The molecule has 138 valence electrons. The monoisotopic (exact) mass is 378 g/mol. The Balaban J connectivity index is 1.74. The molecule has 0 bridgehead atoms. The number of ether oxygens (including phenoxy) is 1. The van der Waals surface area contributed by atoms with E-state index < -0.39 is 14.9 Å². The van der Waals surface area contributed by atoms with E-state index in [-0.39, 0.29) is 17.1 Å². The molecule has 0 radical (unpaired) electrons. The van der Waals surface area contributed by atoms with Gasteiger partial charge in [0.15, 0.2) is 0 Å². The Labute approximate surface area is 150 Å². The summed E-state index contributed by atoms with van der Waals surface area (Å²) in [5, 5.41) is 10.7. The van der Waals surface area contributed by atoms with Gasteiger partial charge in [0, 0.05) is 43.5 Å². The molecule has 10 heteroatoms. The lowest BCUT2D eigenvalue weighted by Crippen LogP contribution is -2.37. The molecular weight excluding hydrogens is 360 g/mol. The highest BCUT2D eigenvalue weighted by atomic mass is 32.2. The molecule has 2 heterocycles. The topological polar surface area (TPSA) is 115 Å². The van der Waals surface area contributed by atoms with Gasteiger partial charge in [0.05, 0.1) is 23.0 Å². The second-order valence-corrected chi connectivity index (χ2v) is 7.43. The highest BCUT2D eigenvalue weighted by molar-refractivity contribution is 7.89. The smallest absolute Gasteiger partial charge is 0.269 e. The maximum Gasteiger partial charge on any atom is 0.269 e. The molecule has 0 amide bonds. The third-order valence-corrected chi connectivity index (χ3v) is 5.41. The van der Waals surface area contributed by atoms with Crippen LogP contribution >= 0.6 is 0 Å². The standard InChI is InChI=1S/C16H18N4O5S/c21-20(22)14-3-5-15(6-4-14)26(23,24)18-12-13-2-1-7-17-16(13)19-8-10-25-11-9-19/h1-7,18H,8-12H2. The molecule has 0 spiro atoms. The van der Waals surface area contributed by atoms with Gasteiger partial charge in [-0.25, -0.2) is 18.1 Å². The Morgan fingerprint density at radius 2 is 1.88 bits per heavy atom. The maximum atomic E-state index is 12.4. The normalized spacial score (nSPS) is 15.0. The number of benzene rings is 1. The predicted octanol–water partition coefficient (Wildman–Crippen LogP) is 1.30. The summed E-state index contributed by atoms with van der Waals surface area (Å²) in [5.41, 5.74) is 0.589. The van der Waals surface area contributed by atoms with Gasteiger partial charge in [-0.3, -0.25) is 10.1 Å². The molecule has 0 aliphatic carbocycles. The first-order chi connectivity index (χ1) is 12.5. The number of nitro benzene ring substituents is 1. The third-order valence-electron chi connectivity index (χ3n) is 3.99. The van der Waals surface area contributed by atoms with Gasteiger partial charge in [0.2, 0.25) is 10.0 Å². The van der Waals surface area contributed by atoms with E-state index in [0.29, 0.717) is 26.3 Å². The first kappa shape index (κ1) is 18.2. The van der Waals surface area contributed by atoms with Crippen molar-refractivity contribution in [3.8, 4) is 0 Å². The van der Waals surface area contributed by atoms with Gasteiger partial charge in [-0.15, -0.1) is 0 Å². The van der Waals surface area contributed by atoms with Gasteiger partial charge in [-0.2, -0.15) is 0 Å².